The first-order chi connectivity index (χ1) is 11.7. The number of anilines is 1. The summed E-state index contributed by atoms with van der Waals surface area (Å²) in [5.41, 5.74) is 2.32. The summed E-state index contributed by atoms with van der Waals surface area (Å²) in [6, 6.07) is 16.3. The average Bonchev–Trinajstić information content (AvgIpc) is 3.12. The van der Waals surface area contributed by atoms with Gasteiger partial charge in [-0.2, -0.15) is 5.26 Å². The molecule has 1 N–H and O–H groups in total. The van der Waals surface area contributed by atoms with E-state index >= 15 is 0 Å². The van der Waals surface area contributed by atoms with Crippen LogP contribution in [-0.4, -0.2) is 18.0 Å². The third kappa shape index (κ3) is 3.42. The van der Waals surface area contributed by atoms with E-state index in [0.717, 1.165) is 16.3 Å². The normalized spacial score (nSPS) is 10.0. The molecule has 0 unspecified atom stereocenters. The first-order valence-corrected chi connectivity index (χ1v) is 7.99. The molecule has 0 bridgehead atoms. The third-order valence-electron chi connectivity index (χ3n) is 3.32. The number of hydrogen-bond acceptors (Lipinski definition) is 5. The van der Waals surface area contributed by atoms with Gasteiger partial charge >= 0.3 is 0 Å². The van der Waals surface area contributed by atoms with Crippen molar-refractivity contribution in [2.45, 2.75) is 0 Å². The molecule has 0 spiro atoms. The van der Waals surface area contributed by atoms with E-state index in [0.29, 0.717) is 16.9 Å². The summed E-state index contributed by atoms with van der Waals surface area (Å²) in [6.45, 7) is 0. The average molecular weight is 335 g/mol. The highest BCUT2D eigenvalue weighted by molar-refractivity contribution is 7.13. The molecule has 1 heterocycles. The predicted octanol–water partition coefficient (Wildman–Crippen LogP) is 3.94. The number of hydrogen-bond donors (Lipinski definition) is 1. The van der Waals surface area contributed by atoms with Gasteiger partial charge in [-0.05, 0) is 42.5 Å². The van der Waals surface area contributed by atoms with Gasteiger partial charge in [0, 0.05) is 16.6 Å². The molecule has 1 aromatic heterocycles. The van der Waals surface area contributed by atoms with Gasteiger partial charge in [-0.25, -0.2) is 4.98 Å². The van der Waals surface area contributed by atoms with Crippen LogP contribution in [0.25, 0.3) is 10.6 Å². The Bertz CT molecular complexity index is 911. The molecular formula is C18H13N3O2S. The van der Waals surface area contributed by atoms with Crippen molar-refractivity contribution in [2.24, 2.45) is 0 Å². The summed E-state index contributed by atoms with van der Waals surface area (Å²) in [5.74, 6) is 0.465. The van der Waals surface area contributed by atoms with Gasteiger partial charge in [-0.3, -0.25) is 4.79 Å². The minimum Gasteiger partial charge on any atom is -0.497 e. The quantitative estimate of drug-likeness (QED) is 0.783. The summed E-state index contributed by atoms with van der Waals surface area (Å²) in [5, 5.41) is 14.1. The fourth-order valence-electron chi connectivity index (χ4n) is 2.11. The summed E-state index contributed by atoms with van der Waals surface area (Å²) in [7, 11) is 1.61. The van der Waals surface area contributed by atoms with Crippen LogP contribution < -0.4 is 10.1 Å². The Labute approximate surface area is 143 Å². The van der Waals surface area contributed by atoms with Gasteiger partial charge in [0.25, 0.3) is 5.91 Å². The molecule has 0 aliphatic carbocycles. The number of carbonyl (C=O) groups is 1. The maximum absolute atomic E-state index is 12.3. The summed E-state index contributed by atoms with van der Waals surface area (Å²) < 4.78 is 5.13. The molecule has 0 saturated carbocycles. The number of nitrogens with zero attached hydrogens (tertiary/aromatic N) is 2. The van der Waals surface area contributed by atoms with E-state index in [1.165, 1.54) is 11.3 Å². The lowest BCUT2D eigenvalue weighted by Gasteiger charge is -2.03. The number of nitrogens with one attached hydrogen (secondary N) is 1. The maximum Gasteiger partial charge on any atom is 0.275 e. The van der Waals surface area contributed by atoms with Crippen LogP contribution in [0.1, 0.15) is 16.1 Å². The predicted molar refractivity (Wildman–Crippen MR) is 93.2 cm³/mol. The van der Waals surface area contributed by atoms with Crippen LogP contribution in [0.5, 0.6) is 5.75 Å². The molecular weight excluding hydrogens is 322 g/mol. The molecule has 6 heteroatoms. The number of carbonyl (C=O) groups excluding carboxylic acids is 1. The lowest BCUT2D eigenvalue weighted by atomic mass is 10.2. The Balaban J connectivity index is 1.76. The molecule has 1 amide bonds. The first kappa shape index (κ1) is 15.7. The molecule has 0 radical (unpaired) electrons. The monoisotopic (exact) mass is 335 g/mol. The Hall–Kier alpha value is -3.17. The molecule has 3 rings (SSSR count). The third-order valence-corrected chi connectivity index (χ3v) is 4.21. The minimum atomic E-state index is -0.305. The lowest BCUT2D eigenvalue weighted by molar-refractivity contribution is 0.102. The van der Waals surface area contributed by atoms with Crippen molar-refractivity contribution in [3.63, 3.8) is 0 Å². The number of methoxy groups -OCH3 is 1. The lowest BCUT2D eigenvalue weighted by Crippen LogP contribution is -2.12. The Morgan fingerprint density at radius 3 is 2.75 bits per heavy atom. The van der Waals surface area contributed by atoms with Gasteiger partial charge in [-0.1, -0.05) is 6.07 Å². The van der Waals surface area contributed by atoms with E-state index in [4.69, 9.17) is 10.00 Å². The van der Waals surface area contributed by atoms with Gasteiger partial charge in [0.1, 0.15) is 16.5 Å². The first-order valence-electron chi connectivity index (χ1n) is 7.11. The molecule has 0 aliphatic heterocycles. The molecule has 5 nitrogen and oxygen atoms in total. The minimum absolute atomic E-state index is 0.305. The van der Waals surface area contributed by atoms with Crippen molar-refractivity contribution in [1.82, 2.24) is 4.98 Å². The number of ether oxygens (including phenoxy) is 1. The highest BCUT2D eigenvalue weighted by Gasteiger charge is 2.12. The Morgan fingerprint density at radius 1 is 1.25 bits per heavy atom. The summed E-state index contributed by atoms with van der Waals surface area (Å²) in [6.07, 6.45) is 0. The van der Waals surface area contributed by atoms with Crippen LogP contribution >= 0.6 is 11.3 Å². The number of aromatic nitrogens is 1. The number of amides is 1. The van der Waals surface area contributed by atoms with Crippen molar-refractivity contribution in [2.75, 3.05) is 12.4 Å². The Morgan fingerprint density at radius 2 is 2.04 bits per heavy atom. The largest absolute Gasteiger partial charge is 0.497 e. The molecule has 118 valence electrons. The zero-order valence-corrected chi connectivity index (χ0v) is 13.6. The molecule has 0 saturated heterocycles. The zero-order chi connectivity index (χ0) is 16.9. The van der Waals surface area contributed by atoms with E-state index < -0.39 is 0 Å². The highest BCUT2D eigenvalue weighted by atomic mass is 32.1. The van der Waals surface area contributed by atoms with Crippen molar-refractivity contribution >= 4 is 22.9 Å². The van der Waals surface area contributed by atoms with Crippen LogP contribution in [0.3, 0.4) is 0 Å². The fourth-order valence-corrected chi connectivity index (χ4v) is 2.91. The number of benzene rings is 2. The standard InChI is InChI=1S/C18H13N3O2S/c1-23-15-7-5-13(6-8-15)18-21-16(11-24-18)17(22)20-14-4-2-3-12(9-14)10-19/h2-9,11H,1H3,(H,20,22). The summed E-state index contributed by atoms with van der Waals surface area (Å²) in [4.78, 5) is 16.7. The molecule has 0 fully saturated rings. The topological polar surface area (TPSA) is 75.0 Å². The van der Waals surface area contributed by atoms with Crippen molar-refractivity contribution in [3.05, 3.63) is 65.2 Å². The molecule has 2 aromatic carbocycles. The van der Waals surface area contributed by atoms with E-state index in [1.54, 1.807) is 36.8 Å². The molecule has 3 aromatic rings. The van der Waals surface area contributed by atoms with Crippen LogP contribution in [0.4, 0.5) is 5.69 Å². The van der Waals surface area contributed by atoms with Gasteiger partial charge in [0.05, 0.1) is 18.7 Å². The highest BCUT2D eigenvalue weighted by Crippen LogP contribution is 2.26. The van der Waals surface area contributed by atoms with Gasteiger partial charge in [0.15, 0.2) is 0 Å². The van der Waals surface area contributed by atoms with Gasteiger partial charge < -0.3 is 10.1 Å². The molecule has 0 atom stereocenters. The Kier molecular flexibility index (Phi) is 4.54. The van der Waals surface area contributed by atoms with E-state index in [9.17, 15) is 4.79 Å². The summed E-state index contributed by atoms with van der Waals surface area (Å²) >= 11 is 1.40. The molecule has 0 aliphatic rings. The second-order valence-corrected chi connectivity index (χ2v) is 5.77. The van der Waals surface area contributed by atoms with Crippen molar-refractivity contribution < 1.29 is 9.53 Å². The maximum atomic E-state index is 12.3. The van der Waals surface area contributed by atoms with Gasteiger partial charge in [-0.15, -0.1) is 11.3 Å². The second-order valence-electron chi connectivity index (χ2n) is 4.91. The van der Waals surface area contributed by atoms with E-state index in [-0.39, 0.29) is 5.91 Å². The number of nitriles is 1. The molecule has 24 heavy (non-hydrogen) atoms. The van der Waals surface area contributed by atoms with E-state index in [2.05, 4.69) is 10.3 Å². The second kappa shape index (κ2) is 6.94. The van der Waals surface area contributed by atoms with Crippen LogP contribution in [-0.2, 0) is 0 Å². The smallest absolute Gasteiger partial charge is 0.275 e. The zero-order valence-electron chi connectivity index (χ0n) is 12.8. The van der Waals surface area contributed by atoms with Crippen LogP contribution in [0.15, 0.2) is 53.9 Å². The SMILES string of the molecule is COc1ccc(-c2nc(C(=O)Nc3cccc(C#N)c3)cs2)cc1. The van der Waals surface area contributed by atoms with Gasteiger partial charge in [0.2, 0.25) is 0 Å². The number of thiazole rings is 1. The number of rotatable bonds is 4. The van der Waals surface area contributed by atoms with Crippen LogP contribution in [0, 0.1) is 11.3 Å². The van der Waals surface area contributed by atoms with Crippen molar-refractivity contribution in [3.8, 4) is 22.4 Å². The fraction of sp³-hybridized carbons (Fsp3) is 0.0556. The van der Waals surface area contributed by atoms with Crippen molar-refractivity contribution in [1.29, 1.82) is 5.26 Å². The van der Waals surface area contributed by atoms with Crippen LogP contribution in [0.2, 0.25) is 0 Å². The van der Waals surface area contributed by atoms with E-state index in [1.807, 2.05) is 30.3 Å².